The predicted octanol–water partition coefficient (Wildman–Crippen LogP) is 4.51. The van der Waals surface area contributed by atoms with Crippen molar-refractivity contribution in [3.05, 3.63) is 93.4 Å². The van der Waals surface area contributed by atoms with Gasteiger partial charge in [-0.15, -0.1) is 0 Å². The van der Waals surface area contributed by atoms with E-state index in [4.69, 9.17) is 11.6 Å². The zero-order chi connectivity index (χ0) is 17.9. The second-order valence-corrected chi connectivity index (χ2v) is 7.07. The Kier molecular flexibility index (Phi) is 4.76. The van der Waals surface area contributed by atoms with Gasteiger partial charge in [0.15, 0.2) is 0 Å². The fourth-order valence-corrected chi connectivity index (χ4v) is 3.37. The summed E-state index contributed by atoms with van der Waals surface area (Å²) in [6, 6.07) is 20.2. The van der Waals surface area contributed by atoms with Crippen molar-refractivity contribution in [1.29, 1.82) is 0 Å². The molecule has 0 spiro atoms. The largest absolute Gasteiger partial charge is 0.375 e. The summed E-state index contributed by atoms with van der Waals surface area (Å²) in [7, 11) is 0. The minimum Gasteiger partial charge on any atom is -0.375 e. The van der Waals surface area contributed by atoms with E-state index >= 15 is 0 Å². The summed E-state index contributed by atoms with van der Waals surface area (Å²) in [6.07, 6.45) is 4.02. The summed E-state index contributed by atoms with van der Waals surface area (Å²) in [6.45, 7) is 0.407. The van der Waals surface area contributed by atoms with Crippen molar-refractivity contribution in [2.24, 2.45) is 5.92 Å². The number of aromatic nitrogens is 2. The summed E-state index contributed by atoms with van der Waals surface area (Å²) in [5.74, 6) is 0.570. The molecular formula is C21H20ClN3O. The van der Waals surface area contributed by atoms with Crippen LogP contribution >= 0.6 is 11.6 Å². The first-order valence-electron chi connectivity index (χ1n) is 8.83. The normalized spacial score (nSPS) is 14.8. The SMILES string of the molecule is O=c1c(Cl)c(NC(c2ccccc2)C2CC2)cnn1Cc1ccccc1. The topological polar surface area (TPSA) is 46.9 Å². The van der Waals surface area contributed by atoms with Gasteiger partial charge in [0.25, 0.3) is 5.56 Å². The molecule has 1 unspecified atom stereocenters. The molecule has 1 heterocycles. The highest BCUT2D eigenvalue weighted by Crippen LogP contribution is 2.43. The quantitative estimate of drug-likeness (QED) is 0.699. The van der Waals surface area contributed by atoms with Crippen LogP contribution in [0.1, 0.15) is 30.0 Å². The summed E-state index contributed by atoms with van der Waals surface area (Å²) in [4.78, 5) is 12.6. The summed E-state index contributed by atoms with van der Waals surface area (Å²) >= 11 is 6.39. The van der Waals surface area contributed by atoms with E-state index in [2.05, 4.69) is 22.5 Å². The molecule has 4 nitrogen and oxygen atoms in total. The number of benzene rings is 2. The summed E-state index contributed by atoms with van der Waals surface area (Å²) in [5, 5.41) is 7.96. The molecule has 0 bridgehead atoms. The van der Waals surface area contributed by atoms with E-state index < -0.39 is 0 Å². The van der Waals surface area contributed by atoms with Gasteiger partial charge in [0.2, 0.25) is 0 Å². The second kappa shape index (κ2) is 7.34. The molecule has 1 aromatic heterocycles. The Morgan fingerprint density at radius 2 is 1.73 bits per heavy atom. The molecule has 0 saturated heterocycles. The number of rotatable bonds is 6. The first kappa shape index (κ1) is 16.9. The third-order valence-electron chi connectivity index (χ3n) is 4.72. The number of hydrogen-bond donors (Lipinski definition) is 1. The highest BCUT2D eigenvalue weighted by atomic mass is 35.5. The minimum absolute atomic E-state index is 0.153. The van der Waals surface area contributed by atoms with Gasteiger partial charge in [-0.1, -0.05) is 72.3 Å². The van der Waals surface area contributed by atoms with Gasteiger partial charge in [-0.05, 0) is 29.9 Å². The lowest BCUT2D eigenvalue weighted by Gasteiger charge is -2.21. The highest BCUT2D eigenvalue weighted by Gasteiger charge is 2.32. The number of halogens is 1. The molecule has 5 heteroatoms. The molecule has 1 fully saturated rings. The van der Waals surface area contributed by atoms with Crippen molar-refractivity contribution in [2.45, 2.75) is 25.4 Å². The van der Waals surface area contributed by atoms with Gasteiger partial charge in [-0.2, -0.15) is 5.10 Å². The Labute approximate surface area is 157 Å². The summed E-state index contributed by atoms with van der Waals surface area (Å²) < 4.78 is 1.40. The van der Waals surface area contributed by atoms with E-state index in [-0.39, 0.29) is 16.6 Å². The molecule has 0 amide bonds. The number of nitrogens with zero attached hydrogens (tertiary/aromatic N) is 2. The van der Waals surface area contributed by atoms with Gasteiger partial charge >= 0.3 is 0 Å². The molecule has 1 N–H and O–H groups in total. The van der Waals surface area contributed by atoms with E-state index in [1.165, 1.54) is 23.1 Å². The maximum Gasteiger partial charge on any atom is 0.287 e. The average molecular weight is 366 g/mol. The van der Waals surface area contributed by atoms with Crippen LogP contribution in [0.4, 0.5) is 5.69 Å². The molecule has 132 valence electrons. The Bertz CT molecular complexity index is 936. The van der Waals surface area contributed by atoms with Crippen molar-refractivity contribution in [2.75, 3.05) is 5.32 Å². The molecule has 26 heavy (non-hydrogen) atoms. The van der Waals surface area contributed by atoms with Crippen LogP contribution in [0.15, 0.2) is 71.7 Å². The van der Waals surface area contributed by atoms with Crippen molar-refractivity contribution >= 4 is 17.3 Å². The van der Waals surface area contributed by atoms with Gasteiger partial charge in [-0.3, -0.25) is 4.79 Å². The summed E-state index contributed by atoms with van der Waals surface area (Å²) in [5.41, 5.74) is 2.54. The van der Waals surface area contributed by atoms with Crippen molar-refractivity contribution in [3.63, 3.8) is 0 Å². The average Bonchev–Trinajstić information content (AvgIpc) is 3.52. The van der Waals surface area contributed by atoms with E-state index in [0.29, 0.717) is 18.2 Å². The lowest BCUT2D eigenvalue weighted by molar-refractivity contribution is 0.634. The van der Waals surface area contributed by atoms with E-state index in [9.17, 15) is 4.79 Å². The lowest BCUT2D eigenvalue weighted by Crippen LogP contribution is -2.25. The smallest absolute Gasteiger partial charge is 0.287 e. The molecule has 1 aliphatic rings. The molecule has 1 atom stereocenters. The molecule has 2 aromatic carbocycles. The molecule has 4 rings (SSSR count). The minimum atomic E-state index is -0.275. The van der Waals surface area contributed by atoms with Crippen LogP contribution in [0.3, 0.4) is 0 Å². The molecule has 3 aromatic rings. The zero-order valence-corrected chi connectivity index (χ0v) is 15.1. The van der Waals surface area contributed by atoms with Crippen molar-refractivity contribution < 1.29 is 0 Å². The standard InChI is InChI=1S/C21H20ClN3O/c22-19-18(24-20(17-11-12-17)16-9-5-2-6-10-16)13-23-25(21(19)26)14-15-7-3-1-4-8-15/h1-10,13,17,20,24H,11-12,14H2. The number of nitrogens with one attached hydrogen (secondary N) is 1. The number of anilines is 1. The lowest BCUT2D eigenvalue weighted by atomic mass is 10.0. The van der Waals surface area contributed by atoms with Crippen LogP contribution in [0, 0.1) is 5.92 Å². The van der Waals surface area contributed by atoms with Gasteiger partial charge in [0.05, 0.1) is 24.5 Å². The fraction of sp³-hybridized carbons (Fsp3) is 0.238. The van der Waals surface area contributed by atoms with Gasteiger partial charge < -0.3 is 5.32 Å². The van der Waals surface area contributed by atoms with Crippen LogP contribution in [0.25, 0.3) is 0 Å². The molecule has 1 aliphatic carbocycles. The van der Waals surface area contributed by atoms with Gasteiger partial charge in [0, 0.05) is 0 Å². The first-order valence-corrected chi connectivity index (χ1v) is 9.21. The monoisotopic (exact) mass is 365 g/mol. The molecule has 0 aliphatic heterocycles. The Morgan fingerprint density at radius 1 is 1.08 bits per heavy atom. The molecule has 1 saturated carbocycles. The Balaban J connectivity index is 1.59. The van der Waals surface area contributed by atoms with E-state index in [1.807, 2.05) is 48.5 Å². The number of hydrogen-bond acceptors (Lipinski definition) is 3. The predicted molar refractivity (Wildman–Crippen MR) is 105 cm³/mol. The highest BCUT2D eigenvalue weighted by molar-refractivity contribution is 6.32. The zero-order valence-electron chi connectivity index (χ0n) is 14.3. The Morgan fingerprint density at radius 3 is 2.38 bits per heavy atom. The maximum atomic E-state index is 12.6. The third kappa shape index (κ3) is 3.65. The van der Waals surface area contributed by atoms with Crippen LogP contribution in [0.2, 0.25) is 5.02 Å². The third-order valence-corrected chi connectivity index (χ3v) is 5.09. The van der Waals surface area contributed by atoms with Crippen LogP contribution in [-0.2, 0) is 6.54 Å². The second-order valence-electron chi connectivity index (χ2n) is 6.69. The first-order chi connectivity index (χ1) is 12.7. The maximum absolute atomic E-state index is 12.6. The van der Waals surface area contributed by atoms with E-state index in [1.54, 1.807) is 6.20 Å². The van der Waals surface area contributed by atoms with Crippen LogP contribution in [0.5, 0.6) is 0 Å². The Hall–Kier alpha value is -2.59. The molecular weight excluding hydrogens is 346 g/mol. The molecule has 0 radical (unpaired) electrons. The van der Waals surface area contributed by atoms with Crippen LogP contribution in [-0.4, -0.2) is 9.78 Å². The van der Waals surface area contributed by atoms with Gasteiger partial charge in [-0.25, -0.2) is 4.68 Å². The van der Waals surface area contributed by atoms with Gasteiger partial charge in [0.1, 0.15) is 5.02 Å². The van der Waals surface area contributed by atoms with Crippen LogP contribution < -0.4 is 10.9 Å². The van der Waals surface area contributed by atoms with Crippen molar-refractivity contribution in [3.8, 4) is 0 Å². The fourth-order valence-electron chi connectivity index (χ4n) is 3.17. The van der Waals surface area contributed by atoms with E-state index in [0.717, 1.165) is 5.56 Å². The van der Waals surface area contributed by atoms with Crippen molar-refractivity contribution in [1.82, 2.24) is 9.78 Å².